The fourth-order valence-electron chi connectivity index (χ4n) is 5.20. The molecule has 0 aromatic heterocycles. The fraction of sp³-hybridized carbons (Fsp3) is 0.600. The van der Waals surface area contributed by atoms with Gasteiger partial charge in [-0.1, -0.05) is 31.0 Å². The monoisotopic (exact) mass is 342 g/mol. The lowest BCUT2D eigenvalue weighted by Crippen LogP contribution is -2.49. The molecular weight excluding hydrogens is 316 g/mol. The molecule has 1 aromatic carbocycles. The topological polar surface area (TPSA) is 60.9 Å². The maximum absolute atomic E-state index is 13.1. The second kappa shape index (κ2) is 6.45. The van der Waals surface area contributed by atoms with Gasteiger partial charge in [-0.2, -0.15) is 0 Å². The summed E-state index contributed by atoms with van der Waals surface area (Å²) in [6, 6.07) is 7.93. The van der Waals surface area contributed by atoms with Crippen LogP contribution in [-0.2, 0) is 16.0 Å². The minimum absolute atomic E-state index is 0.0370. The Kier molecular flexibility index (Phi) is 4.28. The Hall–Kier alpha value is -1.88. The molecule has 1 amide bonds. The van der Waals surface area contributed by atoms with Crippen LogP contribution >= 0.6 is 0 Å². The van der Waals surface area contributed by atoms with Crippen LogP contribution in [0.15, 0.2) is 24.3 Å². The van der Waals surface area contributed by atoms with Crippen LogP contribution in [0.3, 0.4) is 0 Å². The number of likely N-dealkylation sites (tertiary alicyclic amines) is 1. The predicted molar refractivity (Wildman–Crippen MR) is 95.6 cm³/mol. The number of rotatable bonds is 3. The van der Waals surface area contributed by atoms with Crippen molar-refractivity contribution in [2.24, 2.45) is 5.92 Å². The van der Waals surface area contributed by atoms with Gasteiger partial charge in [-0.25, -0.2) is 0 Å². The summed E-state index contributed by atoms with van der Waals surface area (Å²) < 4.78 is 0. The third-order valence-electron chi connectivity index (χ3n) is 6.30. The number of hydrogen-bond donors (Lipinski definition) is 1. The first-order valence-corrected chi connectivity index (χ1v) is 9.44. The van der Waals surface area contributed by atoms with E-state index < -0.39 is 12.0 Å². The van der Waals surface area contributed by atoms with Crippen molar-refractivity contribution in [2.45, 2.75) is 63.6 Å². The van der Waals surface area contributed by atoms with E-state index in [9.17, 15) is 14.7 Å². The van der Waals surface area contributed by atoms with Gasteiger partial charge in [-0.05, 0) is 50.2 Å². The first-order chi connectivity index (χ1) is 12.1. The maximum Gasteiger partial charge on any atom is 0.320 e. The van der Waals surface area contributed by atoms with E-state index in [4.69, 9.17) is 0 Å². The number of aliphatic carboxylic acids is 1. The zero-order valence-electron chi connectivity index (χ0n) is 14.7. The van der Waals surface area contributed by atoms with Gasteiger partial charge in [0.2, 0.25) is 5.91 Å². The Balaban J connectivity index is 1.56. The third kappa shape index (κ3) is 2.84. The van der Waals surface area contributed by atoms with Crippen LogP contribution in [0.4, 0.5) is 5.69 Å². The molecule has 0 bridgehead atoms. The van der Waals surface area contributed by atoms with Gasteiger partial charge in [-0.3, -0.25) is 14.5 Å². The van der Waals surface area contributed by atoms with E-state index in [2.05, 4.69) is 13.0 Å². The molecule has 1 saturated heterocycles. The average molecular weight is 342 g/mol. The molecule has 2 fully saturated rings. The van der Waals surface area contributed by atoms with Gasteiger partial charge in [0.15, 0.2) is 0 Å². The molecule has 5 heteroatoms. The standard InChI is InChI=1S/C20H26N2O3/c1-13-10-14-6-3-5-9-17(14)22(13)19(23)12-21-16-8-4-2-7-15(16)11-18(21)20(24)25/h3,5-6,9,13,15-16,18H,2,4,7-8,10-12H2,1H3,(H,24,25)/t13-,15+,16-,18+/m1/s1. The highest BCUT2D eigenvalue weighted by Gasteiger charge is 2.46. The second-order valence-corrected chi connectivity index (χ2v) is 7.82. The number of carbonyl (C=O) groups is 2. The van der Waals surface area contributed by atoms with Gasteiger partial charge in [0, 0.05) is 17.8 Å². The number of fused-ring (bicyclic) bond motifs is 2. The van der Waals surface area contributed by atoms with Crippen molar-refractivity contribution in [3.63, 3.8) is 0 Å². The average Bonchev–Trinajstić information content (AvgIpc) is 3.12. The molecule has 1 saturated carbocycles. The SMILES string of the molecule is C[C@@H]1Cc2ccccc2N1C(=O)CN1[C@@H]2CCCC[C@H]2C[C@H]1C(=O)O. The molecule has 1 aromatic rings. The van der Waals surface area contributed by atoms with Crippen LogP contribution < -0.4 is 4.90 Å². The molecule has 0 unspecified atom stereocenters. The van der Waals surface area contributed by atoms with E-state index in [0.717, 1.165) is 31.4 Å². The van der Waals surface area contributed by atoms with E-state index in [1.54, 1.807) is 0 Å². The van der Waals surface area contributed by atoms with Gasteiger partial charge in [0.25, 0.3) is 0 Å². The van der Waals surface area contributed by atoms with Crippen LogP contribution in [0.2, 0.25) is 0 Å². The highest BCUT2D eigenvalue weighted by molar-refractivity contribution is 5.97. The fourth-order valence-corrected chi connectivity index (χ4v) is 5.20. The van der Waals surface area contributed by atoms with Crippen molar-refractivity contribution < 1.29 is 14.7 Å². The summed E-state index contributed by atoms with van der Waals surface area (Å²) in [7, 11) is 0. The van der Waals surface area contributed by atoms with Gasteiger partial charge in [0.05, 0.1) is 6.54 Å². The number of nitrogens with zero attached hydrogens (tertiary/aromatic N) is 2. The Morgan fingerprint density at radius 2 is 1.96 bits per heavy atom. The third-order valence-corrected chi connectivity index (χ3v) is 6.30. The molecule has 5 nitrogen and oxygen atoms in total. The summed E-state index contributed by atoms with van der Waals surface area (Å²) in [5.74, 6) is -0.307. The van der Waals surface area contributed by atoms with Crippen molar-refractivity contribution in [1.82, 2.24) is 4.90 Å². The van der Waals surface area contributed by atoms with E-state index in [1.807, 2.05) is 28.0 Å². The lowest BCUT2D eigenvalue weighted by atomic mass is 9.85. The van der Waals surface area contributed by atoms with Gasteiger partial charge < -0.3 is 10.0 Å². The second-order valence-electron chi connectivity index (χ2n) is 7.82. The molecule has 4 atom stereocenters. The number of benzene rings is 1. The molecule has 25 heavy (non-hydrogen) atoms. The zero-order valence-corrected chi connectivity index (χ0v) is 14.7. The first-order valence-electron chi connectivity index (χ1n) is 9.44. The predicted octanol–water partition coefficient (Wildman–Crippen LogP) is 2.68. The lowest BCUT2D eigenvalue weighted by molar-refractivity contribution is -0.143. The Morgan fingerprint density at radius 3 is 2.76 bits per heavy atom. The minimum Gasteiger partial charge on any atom is -0.480 e. The first kappa shape index (κ1) is 16.6. The van der Waals surface area contributed by atoms with Crippen molar-refractivity contribution in [1.29, 1.82) is 0 Å². The molecule has 0 radical (unpaired) electrons. The molecule has 0 spiro atoms. The minimum atomic E-state index is -0.780. The van der Waals surface area contributed by atoms with Crippen molar-refractivity contribution in [3.05, 3.63) is 29.8 Å². The number of anilines is 1. The summed E-state index contributed by atoms with van der Waals surface area (Å²) >= 11 is 0. The lowest BCUT2D eigenvalue weighted by Gasteiger charge is -2.34. The Labute approximate surface area is 148 Å². The van der Waals surface area contributed by atoms with E-state index in [0.29, 0.717) is 12.3 Å². The molecule has 134 valence electrons. The van der Waals surface area contributed by atoms with Crippen LogP contribution in [0.5, 0.6) is 0 Å². The highest BCUT2D eigenvalue weighted by atomic mass is 16.4. The summed E-state index contributed by atoms with van der Waals surface area (Å²) in [6.45, 7) is 2.29. The van der Waals surface area contributed by atoms with E-state index in [1.165, 1.54) is 12.0 Å². The number of carboxylic acid groups (broad SMARTS) is 1. The molecule has 2 aliphatic heterocycles. The van der Waals surface area contributed by atoms with Crippen molar-refractivity contribution in [2.75, 3.05) is 11.4 Å². The van der Waals surface area contributed by atoms with E-state index in [-0.39, 0.29) is 24.5 Å². The molecule has 1 aliphatic carbocycles. The molecular formula is C20H26N2O3. The smallest absolute Gasteiger partial charge is 0.320 e. The van der Waals surface area contributed by atoms with Gasteiger partial charge in [-0.15, -0.1) is 0 Å². The van der Waals surface area contributed by atoms with Crippen LogP contribution in [0.1, 0.15) is 44.6 Å². The summed E-state index contributed by atoms with van der Waals surface area (Å²) in [5, 5.41) is 9.65. The highest BCUT2D eigenvalue weighted by Crippen LogP contribution is 2.40. The summed E-state index contributed by atoms with van der Waals surface area (Å²) in [6.07, 6.45) is 6.01. The molecule has 1 N–H and O–H groups in total. The number of para-hydroxylation sites is 1. The number of amides is 1. The van der Waals surface area contributed by atoms with Crippen molar-refractivity contribution >= 4 is 17.6 Å². The Morgan fingerprint density at radius 1 is 1.20 bits per heavy atom. The van der Waals surface area contributed by atoms with Crippen LogP contribution in [0, 0.1) is 5.92 Å². The molecule has 3 aliphatic rings. The van der Waals surface area contributed by atoms with Crippen LogP contribution in [0.25, 0.3) is 0 Å². The Bertz CT molecular complexity index is 689. The molecule has 2 heterocycles. The number of carbonyl (C=O) groups excluding carboxylic acids is 1. The van der Waals surface area contributed by atoms with Gasteiger partial charge >= 0.3 is 5.97 Å². The largest absolute Gasteiger partial charge is 0.480 e. The number of hydrogen-bond acceptors (Lipinski definition) is 3. The quantitative estimate of drug-likeness (QED) is 0.917. The summed E-state index contributed by atoms with van der Waals surface area (Å²) in [4.78, 5) is 28.7. The van der Waals surface area contributed by atoms with Gasteiger partial charge in [0.1, 0.15) is 6.04 Å². The molecule has 4 rings (SSSR count). The van der Waals surface area contributed by atoms with Crippen molar-refractivity contribution in [3.8, 4) is 0 Å². The van der Waals surface area contributed by atoms with E-state index >= 15 is 0 Å². The summed E-state index contributed by atoms with van der Waals surface area (Å²) in [5.41, 5.74) is 2.20. The number of carboxylic acids is 1. The maximum atomic E-state index is 13.1. The zero-order chi connectivity index (χ0) is 17.6. The normalized spacial score (nSPS) is 31.6. The van der Waals surface area contributed by atoms with Crippen LogP contribution in [-0.4, -0.2) is 46.6 Å².